The number of phenols is 2. The molecule has 2 aromatic rings. The van der Waals surface area contributed by atoms with Crippen molar-refractivity contribution in [1.82, 2.24) is 0 Å². The van der Waals surface area contributed by atoms with Crippen LogP contribution in [-0.2, 0) is 6.61 Å². The SMILES string of the molecule is Cc1ccc(COc2ccc(O)cc2)c(O)c1. The molecule has 0 aliphatic rings. The van der Waals surface area contributed by atoms with Crippen LogP contribution in [-0.4, -0.2) is 10.2 Å². The molecule has 0 aliphatic carbocycles. The minimum atomic E-state index is 0.204. The third-order valence-electron chi connectivity index (χ3n) is 2.47. The maximum Gasteiger partial charge on any atom is 0.122 e. The Balaban J connectivity index is 2.04. The smallest absolute Gasteiger partial charge is 0.122 e. The molecule has 0 atom stereocenters. The number of rotatable bonds is 3. The summed E-state index contributed by atoms with van der Waals surface area (Å²) in [7, 11) is 0. The lowest BCUT2D eigenvalue weighted by Gasteiger charge is -2.08. The molecule has 3 nitrogen and oxygen atoms in total. The van der Waals surface area contributed by atoms with Gasteiger partial charge in [0.15, 0.2) is 0 Å². The van der Waals surface area contributed by atoms with Crippen LogP contribution in [0.5, 0.6) is 17.2 Å². The Morgan fingerprint density at radius 3 is 2.35 bits per heavy atom. The number of phenolic OH excluding ortho intramolecular Hbond substituents is 2. The molecule has 0 radical (unpaired) electrons. The van der Waals surface area contributed by atoms with Crippen LogP contribution in [0, 0.1) is 6.92 Å². The van der Waals surface area contributed by atoms with E-state index in [-0.39, 0.29) is 11.5 Å². The molecule has 2 N–H and O–H groups in total. The fourth-order valence-electron chi connectivity index (χ4n) is 1.50. The van der Waals surface area contributed by atoms with Gasteiger partial charge in [-0.3, -0.25) is 0 Å². The maximum atomic E-state index is 9.69. The zero-order chi connectivity index (χ0) is 12.3. The lowest BCUT2D eigenvalue weighted by atomic mass is 10.1. The molecule has 0 aromatic heterocycles. The van der Waals surface area contributed by atoms with Crippen molar-refractivity contribution in [1.29, 1.82) is 0 Å². The molecule has 0 heterocycles. The Hall–Kier alpha value is -2.16. The molecule has 0 unspecified atom stereocenters. The second-order valence-corrected chi connectivity index (χ2v) is 3.91. The molecule has 0 saturated heterocycles. The van der Waals surface area contributed by atoms with Crippen LogP contribution in [0.15, 0.2) is 42.5 Å². The highest BCUT2D eigenvalue weighted by Crippen LogP contribution is 2.22. The molecule has 0 spiro atoms. The first kappa shape index (κ1) is 11.3. The van der Waals surface area contributed by atoms with Crippen LogP contribution in [0.2, 0.25) is 0 Å². The Kier molecular flexibility index (Phi) is 3.19. The van der Waals surface area contributed by atoms with Gasteiger partial charge in [0.1, 0.15) is 23.9 Å². The molecular formula is C14H14O3. The summed E-state index contributed by atoms with van der Waals surface area (Å²) in [6.07, 6.45) is 0. The first-order valence-electron chi connectivity index (χ1n) is 5.35. The average molecular weight is 230 g/mol. The van der Waals surface area contributed by atoms with Gasteiger partial charge in [-0.05, 0) is 42.8 Å². The van der Waals surface area contributed by atoms with Gasteiger partial charge < -0.3 is 14.9 Å². The minimum Gasteiger partial charge on any atom is -0.508 e. The van der Waals surface area contributed by atoms with Crippen LogP contribution in [0.4, 0.5) is 0 Å². The highest BCUT2D eigenvalue weighted by molar-refractivity contribution is 5.36. The van der Waals surface area contributed by atoms with Gasteiger partial charge in [-0.2, -0.15) is 0 Å². The quantitative estimate of drug-likeness (QED) is 0.852. The first-order valence-corrected chi connectivity index (χ1v) is 5.35. The summed E-state index contributed by atoms with van der Waals surface area (Å²) < 4.78 is 5.50. The molecule has 0 saturated carbocycles. The molecule has 0 bridgehead atoms. The molecule has 2 rings (SSSR count). The van der Waals surface area contributed by atoms with Crippen molar-refractivity contribution in [2.24, 2.45) is 0 Å². The number of hydrogen-bond acceptors (Lipinski definition) is 3. The molecule has 0 aliphatic heterocycles. The van der Waals surface area contributed by atoms with Crippen LogP contribution >= 0.6 is 0 Å². The van der Waals surface area contributed by atoms with Gasteiger partial charge in [0, 0.05) is 5.56 Å². The second kappa shape index (κ2) is 4.78. The van der Waals surface area contributed by atoms with E-state index in [1.807, 2.05) is 19.1 Å². The van der Waals surface area contributed by atoms with Gasteiger partial charge >= 0.3 is 0 Å². The Labute approximate surface area is 99.9 Å². The van der Waals surface area contributed by atoms with E-state index in [0.29, 0.717) is 12.4 Å². The van der Waals surface area contributed by atoms with Crippen molar-refractivity contribution >= 4 is 0 Å². The fourth-order valence-corrected chi connectivity index (χ4v) is 1.50. The standard InChI is InChI=1S/C14H14O3/c1-10-2-3-11(14(16)8-10)9-17-13-6-4-12(15)5-7-13/h2-8,15-16H,9H2,1H3. The maximum absolute atomic E-state index is 9.69. The summed E-state index contributed by atoms with van der Waals surface area (Å²) in [5.41, 5.74) is 1.75. The van der Waals surface area contributed by atoms with E-state index in [1.54, 1.807) is 30.3 Å². The zero-order valence-electron chi connectivity index (χ0n) is 9.55. The molecule has 0 fully saturated rings. The summed E-state index contributed by atoms with van der Waals surface area (Å²) in [6, 6.07) is 12.0. The molecule has 2 aromatic carbocycles. The molecule has 0 amide bonds. The van der Waals surface area contributed by atoms with E-state index < -0.39 is 0 Å². The lowest BCUT2D eigenvalue weighted by Crippen LogP contribution is -1.95. The lowest BCUT2D eigenvalue weighted by molar-refractivity contribution is 0.298. The number of aromatic hydroxyl groups is 2. The van der Waals surface area contributed by atoms with Gasteiger partial charge in [0.05, 0.1) is 0 Å². The predicted octanol–water partition coefficient (Wildman–Crippen LogP) is 2.99. The van der Waals surface area contributed by atoms with Gasteiger partial charge in [-0.1, -0.05) is 12.1 Å². The summed E-state index contributed by atoms with van der Waals surface area (Å²) in [6.45, 7) is 2.22. The van der Waals surface area contributed by atoms with Gasteiger partial charge in [0.2, 0.25) is 0 Å². The van der Waals surface area contributed by atoms with Crippen LogP contribution in [0.3, 0.4) is 0 Å². The topological polar surface area (TPSA) is 49.7 Å². The monoisotopic (exact) mass is 230 g/mol. The molecule has 3 heteroatoms. The Morgan fingerprint density at radius 2 is 1.71 bits per heavy atom. The third-order valence-corrected chi connectivity index (χ3v) is 2.47. The summed E-state index contributed by atoms with van der Waals surface area (Å²) in [5.74, 6) is 1.10. The number of aryl methyl sites for hydroxylation is 1. The molecule has 17 heavy (non-hydrogen) atoms. The van der Waals surface area contributed by atoms with E-state index in [1.165, 1.54) is 0 Å². The van der Waals surface area contributed by atoms with Crippen molar-refractivity contribution in [2.75, 3.05) is 0 Å². The summed E-state index contributed by atoms with van der Waals surface area (Å²) >= 11 is 0. The fraction of sp³-hybridized carbons (Fsp3) is 0.143. The van der Waals surface area contributed by atoms with E-state index in [4.69, 9.17) is 9.84 Å². The van der Waals surface area contributed by atoms with Gasteiger partial charge in [-0.25, -0.2) is 0 Å². The minimum absolute atomic E-state index is 0.204. The predicted molar refractivity (Wildman–Crippen MR) is 65.3 cm³/mol. The van der Waals surface area contributed by atoms with Crippen molar-refractivity contribution in [3.63, 3.8) is 0 Å². The van der Waals surface area contributed by atoms with Crippen molar-refractivity contribution in [3.8, 4) is 17.2 Å². The van der Waals surface area contributed by atoms with E-state index >= 15 is 0 Å². The van der Waals surface area contributed by atoms with Crippen LogP contribution in [0.25, 0.3) is 0 Å². The van der Waals surface area contributed by atoms with Crippen molar-refractivity contribution < 1.29 is 14.9 Å². The normalized spacial score (nSPS) is 10.2. The summed E-state index contributed by atoms with van der Waals surface area (Å²) in [5, 5.41) is 18.8. The molecule has 88 valence electrons. The Morgan fingerprint density at radius 1 is 1.00 bits per heavy atom. The highest BCUT2D eigenvalue weighted by Gasteiger charge is 2.02. The third kappa shape index (κ3) is 2.91. The Bertz CT molecular complexity index is 503. The number of hydrogen-bond donors (Lipinski definition) is 2. The molecular weight excluding hydrogens is 216 g/mol. The number of ether oxygens (including phenoxy) is 1. The number of benzene rings is 2. The highest BCUT2D eigenvalue weighted by atomic mass is 16.5. The van der Waals surface area contributed by atoms with Gasteiger partial charge in [0.25, 0.3) is 0 Å². The first-order chi connectivity index (χ1) is 8.15. The van der Waals surface area contributed by atoms with Crippen molar-refractivity contribution in [2.45, 2.75) is 13.5 Å². The zero-order valence-corrected chi connectivity index (χ0v) is 9.55. The largest absolute Gasteiger partial charge is 0.508 e. The summed E-state index contributed by atoms with van der Waals surface area (Å²) in [4.78, 5) is 0. The van der Waals surface area contributed by atoms with Gasteiger partial charge in [-0.15, -0.1) is 0 Å². The van der Waals surface area contributed by atoms with Crippen molar-refractivity contribution in [3.05, 3.63) is 53.6 Å². The van der Waals surface area contributed by atoms with E-state index in [0.717, 1.165) is 11.1 Å². The average Bonchev–Trinajstić information content (AvgIpc) is 2.30. The van der Waals surface area contributed by atoms with Crippen LogP contribution < -0.4 is 4.74 Å². The van der Waals surface area contributed by atoms with E-state index in [9.17, 15) is 5.11 Å². The van der Waals surface area contributed by atoms with Crippen LogP contribution in [0.1, 0.15) is 11.1 Å². The van der Waals surface area contributed by atoms with E-state index in [2.05, 4.69) is 0 Å². The second-order valence-electron chi connectivity index (χ2n) is 3.91.